The number of nitrogens with one attached hydrogen (secondary N) is 1. The fourth-order valence-corrected chi connectivity index (χ4v) is 1.66. The van der Waals surface area contributed by atoms with Crippen molar-refractivity contribution in [3.05, 3.63) is 12.7 Å². The minimum atomic E-state index is 0.234. The fourth-order valence-electron chi connectivity index (χ4n) is 0.673. The van der Waals surface area contributed by atoms with E-state index in [1.54, 1.807) is 0 Å². The van der Waals surface area contributed by atoms with E-state index in [9.17, 15) is 0 Å². The molecule has 0 aliphatic heterocycles. The van der Waals surface area contributed by atoms with Gasteiger partial charge in [0.05, 0.1) is 0 Å². The molecule has 2 heteroatoms. The van der Waals surface area contributed by atoms with Crippen LogP contribution in [-0.2, 0) is 0 Å². The molecule has 1 N–H and O–H groups in total. The van der Waals surface area contributed by atoms with Gasteiger partial charge in [-0.05, 0) is 20.3 Å². The van der Waals surface area contributed by atoms with E-state index >= 15 is 0 Å². The summed E-state index contributed by atoms with van der Waals surface area (Å²) in [6.45, 7) is 8.92. The molecule has 0 unspecified atom stereocenters. The summed E-state index contributed by atoms with van der Waals surface area (Å²) in [4.78, 5) is 0. The summed E-state index contributed by atoms with van der Waals surface area (Å²) in [6.07, 6.45) is 3.02. The number of halogens is 1. The molecule has 0 saturated heterocycles. The van der Waals surface area contributed by atoms with E-state index in [0.717, 1.165) is 18.3 Å². The highest BCUT2D eigenvalue weighted by Gasteiger charge is 2.13. The van der Waals surface area contributed by atoms with Gasteiger partial charge in [-0.15, -0.1) is 6.58 Å². The van der Waals surface area contributed by atoms with Gasteiger partial charge in [0.1, 0.15) is 0 Å². The Morgan fingerprint density at radius 1 is 1.60 bits per heavy atom. The van der Waals surface area contributed by atoms with Crippen molar-refractivity contribution < 1.29 is 0 Å². The van der Waals surface area contributed by atoms with Crippen molar-refractivity contribution in [3.8, 4) is 0 Å². The molecule has 10 heavy (non-hydrogen) atoms. The average molecular weight is 206 g/mol. The molecule has 1 nitrogen and oxygen atoms in total. The van der Waals surface area contributed by atoms with E-state index in [-0.39, 0.29) is 5.54 Å². The standard InChI is InChI=1S/C8H16BrN/c1-4-7-10-8(2,3)5-6-9/h4,10H,1,5-7H2,2-3H3. The Morgan fingerprint density at radius 2 is 2.20 bits per heavy atom. The molecular formula is C8H16BrN. The summed E-state index contributed by atoms with van der Waals surface area (Å²) >= 11 is 3.41. The van der Waals surface area contributed by atoms with Crippen LogP contribution in [0.15, 0.2) is 12.7 Å². The first-order valence-corrected chi connectivity index (χ1v) is 4.66. The molecule has 60 valence electrons. The van der Waals surface area contributed by atoms with Crippen LogP contribution in [0.3, 0.4) is 0 Å². The number of hydrogen-bond acceptors (Lipinski definition) is 1. The zero-order valence-corrected chi connectivity index (χ0v) is 8.37. The van der Waals surface area contributed by atoms with E-state index < -0.39 is 0 Å². The van der Waals surface area contributed by atoms with Crippen LogP contribution in [0.25, 0.3) is 0 Å². The molecule has 0 rings (SSSR count). The minimum absolute atomic E-state index is 0.234. The van der Waals surface area contributed by atoms with Crippen molar-refractivity contribution in [3.63, 3.8) is 0 Å². The van der Waals surface area contributed by atoms with Gasteiger partial charge in [-0.3, -0.25) is 0 Å². The molecule has 0 radical (unpaired) electrons. The van der Waals surface area contributed by atoms with Gasteiger partial charge in [-0.25, -0.2) is 0 Å². The second-order valence-corrected chi connectivity index (χ2v) is 3.79. The first-order valence-electron chi connectivity index (χ1n) is 3.54. The monoisotopic (exact) mass is 205 g/mol. The van der Waals surface area contributed by atoms with Gasteiger partial charge >= 0.3 is 0 Å². The van der Waals surface area contributed by atoms with Crippen molar-refractivity contribution >= 4 is 15.9 Å². The molecule has 0 spiro atoms. The third kappa shape index (κ3) is 5.00. The quantitative estimate of drug-likeness (QED) is 0.537. The van der Waals surface area contributed by atoms with Gasteiger partial charge in [0.25, 0.3) is 0 Å². The van der Waals surface area contributed by atoms with Crippen LogP contribution in [0.2, 0.25) is 0 Å². The molecule has 0 aromatic carbocycles. The Bertz CT molecular complexity index is 99.4. The van der Waals surface area contributed by atoms with E-state index in [1.165, 1.54) is 0 Å². The molecule has 0 saturated carbocycles. The van der Waals surface area contributed by atoms with Gasteiger partial charge in [0.15, 0.2) is 0 Å². The molecule has 0 aliphatic rings. The molecule has 0 aliphatic carbocycles. The maximum Gasteiger partial charge on any atom is 0.0137 e. The Labute approximate surface area is 72.0 Å². The Kier molecular flexibility index (Phi) is 5.00. The van der Waals surface area contributed by atoms with Crippen LogP contribution in [0, 0.1) is 0 Å². The molecule has 0 aromatic rings. The van der Waals surface area contributed by atoms with E-state index in [4.69, 9.17) is 0 Å². The molecule has 0 heterocycles. The molecule has 0 atom stereocenters. The summed E-state index contributed by atoms with van der Waals surface area (Å²) in [6, 6.07) is 0. The molecule has 0 aromatic heterocycles. The Hall–Kier alpha value is 0.180. The van der Waals surface area contributed by atoms with Crippen LogP contribution in [0.4, 0.5) is 0 Å². The lowest BCUT2D eigenvalue weighted by Crippen LogP contribution is -2.39. The van der Waals surface area contributed by atoms with Crippen molar-refractivity contribution in [1.82, 2.24) is 5.32 Å². The fraction of sp³-hybridized carbons (Fsp3) is 0.750. The van der Waals surface area contributed by atoms with Crippen LogP contribution in [0.1, 0.15) is 20.3 Å². The van der Waals surface area contributed by atoms with Crippen LogP contribution in [-0.4, -0.2) is 17.4 Å². The molecular weight excluding hydrogens is 190 g/mol. The van der Waals surface area contributed by atoms with Crippen LogP contribution >= 0.6 is 15.9 Å². The van der Waals surface area contributed by atoms with Crippen molar-refractivity contribution in [2.24, 2.45) is 0 Å². The zero-order chi connectivity index (χ0) is 8.04. The number of hydrogen-bond donors (Lipinski definition) is 1. The average Bonchev–Trinajstić information content (AvgIpc) is 1.84. The van der Waals surface area contributed by atoms with Crippen molar-refractivity contribution in [2.45, 2.75) is 25.8 Å². The van der Waals surface area contributed by atoms with Gasteiger partial charge in [-0.1, -0.05) is 22.0 Å². The van der Waals surface area contributed by atoms with E-state index in [1.807, 2.05) is 6.08 Å². The largest absolute Gasteiger partial charge is 0.308 e. The first kappa shape index (κ1) is 10.2. The Morgan fingerprint density at radius 3 is 2.60 bits per heavy atom. The highest BCUT2D eigenvalue weighted by Crippen LogP contribution is 2.08. The maximum atomic E-state index is 3.65. The summed E-state index contributed by atoms with van der Waals surface area (Å²) in [5.74, 6) is 0. The predicted molar refractivity (Wildman–Crippen MR) is 50.7 cm³/mol. The van der Waals surface area contributed by atoms with Crippen molar-refractivity contribution in [2.75, 3.05) is 11.9 Å². The second-order valence-electron chi connectivity index (χ2n) is 2.99. The normalized spacial score (nSPS) is 11.5. The number of alkyl halides is 1. The van der Waals surface area contributed by atoms with Crippen molar-refractivity contribution in [1.29, 1.82) is 0 Å². The maximum absolute atomic E-state index is 3.65. The van der Waals surface area contributed by atoms with E-state index in [2.05, 4.69) is 41.7 Å². The van der Waals surface area contributed by atoms with Gasteiger partial charge < -0.3 is 5.32 Å². The topological polar surface area (TPSA) is 12.0 Å². The smallest absolute Gasteiger partial charge is 0.0137 e. The van der Waals surface area contributed by atoms with Gasteiger partial charge in [-0.2, -0.15) is 0 Å². The third-order valence-corrected chi connectivity index (χ3v) is 1.84. The van der Waals surface area contributed by atoms with Gasteiger partial charge in [0, 0.05) is 17.4 Å². The highest BCUT2D eigenvalue weighted by atomic mass is 79.9. The zero-order valence-electron chi connectivity index (χ0n) is 6.78. The minimum Gasteiger partial charge on any atom is -0.308 e. The van der Waals surface area contributed by atoms with Crippen LogP contribution in [0.5, 0.6) is 0 Å². The second kappa shape index (κ2) is 4.91. The van der Waals surface area contributed by atoms with Crippen LogP contribution < -0.4 is 5.32 Å². The third-order valence-electron chi connectivity index (χ3n) is 1.44. The highest BCUT2D eigenvalue weighted by molar-refractivity contribution is 9.09. The molecule has 0 bridgehead atoms. The van der Waals surface area contributed by atoms with E-state index in [0.29, 0.717) is 0 Å². The first-order chi connectivity index (χ1) is 4.62. The summed E-state index contributed by atoms with van der Waals surface area (Å²) < 4.78 is 0. The SMILES string of the molecule is C=CCNC(C)(C)CCBr. The lowest BCUT2D eigenvalue weighted by Gasteiger charge is -2.24. The predicted octanol–water partition coefficient (Wildman–Crippen LogP) is 2.33. The molecule has 0 fully saturated rings. The summed E-state index contributed by atoms with van der Waals surface area (Å²) in [7, 11) is 0. The summed E-state index contributed by atoms with van der Waals surface area (Å²) in [5, 5.41) is 4.41. The summed E-state index contributed by atoms with van der Waals surface area (Å²) in [5.41, 5.74) is 0.234. The number of rotatable bonds is 5. The Balaban J connectivity index is 3.51. The lowest BCUT2D eigenvalue weighted by atomic mass is 10.0. The lowest BCUT2D eigenvalue weighted by molar-refractivity contribution is 0.399. The van der Waals surface area contributed by atoms with Gasteiger partial charge in [0.2, 0.25) is 0 Å². The molecule has 0 amide bonds.